The first kappa shape index (κ1) is 11.6. The quantitative estimate of drug-likeness (QED) is 0.653. The second kappa shape index (κ2) is 3.85. The third-order valence-electron chi connectivity index (χ3n) is 3.25. The number of amides is 1. The third-order valence-corrected chi connectivity index (χ3v) is 4.59. The van der Waals surface area contributed by atoms with Gasteiger partial charge < -0.3 is 5.32 Å². The maximum absolute atomic E-state index is 12.0. The largest absolute Gasteiger partial charge is 0.351 e. The van der Waals surface area contributed by atoms with Gasteiger partial charge in [-0.05, 0) is 19.3 Å². The second-order valence-corrected chi connectivity index (χ2v) is 6.26. The van der Waals surface area contributed by atoms with Crippen LogP contribution in [-0.4, -0.2) is 43.5 Å². The van der Waals surface area contributed by atoms with Crippen molar-refractivity contribution in [2.45, 2.75) is 24.8 Å². The lowest BCUT2D eigenvalue weighted by Gasteiger charge is -2.33. The van der Waals surface area contributed by atoms with Crippen molar-refractivity contribution in [3.05, 3.63) is 12.2 Å². The number of hydrogen-bond acceptors (Lipinski definition) is 3. The zero-order chi connectivity index (χ0) is 11.8. The van der Waals surface area contributed by atoms with Gasteiger partial charge in [-0.15, -0.1) is 0 Å². The van der Waals surface area contributed by atoms with E-state index < -0.39 is 15.6 Å². The van der Waals surface area contributed by atoms with E-state index in [2.05, 4.69) is 5.32 Å². The Morgan fingerprint density at radius 3 is 2.88 bits per heavy atom. The number of rotatable bonds is 1. The van der Waals surface area contributed by atoms with Gasteiger partial charge in [0, 0.05) is 13.1 Å². The van der Waals surface area contributed by atoms with Crippen molar-refractivity contribution in [2.24, 2.45) is 0 Å². The Labute approximate surface area is 95.6 Å². The number of carbonyl (C=O) groups is 1. The van der Waals surface area contributed by atoms with Gasteiger partial charge in [0.2, 0.25) is 15.9 Å². The maximum atomic E-state index is 12.0. The van der Waals surface area contributed by atoms with Crippen molar-refractivity contribution in [2.75, 3.05) is 19.3 Å². The summed E-state index contributed by atoms with van der Waals surface area (Å²) in [4.78, 5) is 12.0. The Balaban J connectivity index is 2.41. The number of nitrogens with one attached hydrogen (secondary N) is 1. The number of sulfonamides is 1. The van der Waals surface area contributed by atoms with Gasteiger partial charge in [-0.2, -0.15) is 4.31 Å². The average Bonchev–Trinajstić information content (AvgIpc) is 2.53. The van der Waals surface area contributed by atoms with Crippen LogP contribution < -0.4 is 5.32 Å². The molecule has 1 amide bonds. The highest BCUT2D eigenvalue weighted by Gasteiger charge is 2.50. The zero-order valence-electron chi connectivity index (χ0n) is 9.27. The lowest BCUT2D eigenvalue weighted by molar-refractivity contribution is -0.129. The first-order valence-electron chi connectivity index (χ1n) is 5.38. The summed E-state index contributed by atoms with van der Waals surface area (Å²) in [5.41, 5.74) is -0.874. The summed E-state index contributed by atoms with van der Waals surface area (Å²) < 4.78 is 24.7. The lowest BCUT2D eigenvalue weighted by atomic mass is 9.93. The molecule has 2 rings (SSSR count). The molecular formula is C10H16N2O3S. The fraction of sp³-hybridized carbons (Fsp3) is 0.700. The van der Waals surface area contributed by atoms with E-state index in [1.54, 1.807) is 0 Å². The Hall–Kier alpha value is -0.880. The van der Waals surface area contributed by atoms with Crippen LogP contribution in [0.5, 0.6) is 0 Å². The Bertz CT molecular complexity index is 429. The number of carbonyl (C=O) groups excluding carboxylic acids is 1. The summed E-state index contributed by atoms with van der Waals surface area (Å²) in [5, 5.41) is 2.75. The smallest absolute Gasteiger partial charge is 0.242 e. The van der Waals surface area contributed by atoms with E-state index in [-0.39, 0.29) is 5.91 Å². The van der Waals surface area contributed by atoms with E-state index in [4.69, 9.17) is 0 Å². The molecule has 1 atom stereocenters. The summed E-state index contributed by atoms with van der Waals surface area (Å²) in [6.45, 7) is 0.929. The molecule has 0 aromatic rings. The third kappa shape index (κ3) is 1.76. The summed E-state index contributed by atoms with van der Waals surface area (Å²) in [7, 11) is -3.32. The Kier molecular flexibility index (Phi) is 2.79. The molecule has 2 aliphatic heterocycles. The summed E-state index contributed by atoms with van der Waals surface area (Å²) in [6, 6.07) is 0. The van der Waals surface area contributed by atoms with E-state index in [1.807, 2.05) is 12.2 Å². The van der Waals surface area contributed by atoms with Gasteiger partial charge in [0.05, 0.1) is 6.26 Å². The molecule has 90 valence electrons. The molecule has 2 heterocycles. The monoisotopic (exact) mass is 244 g/mol. The lowest BCUT2D eigenvalue weighted by Crippen LogP contribution is -2.56. The molecule has 1 fully saturated rings. The van der Waals surface area contributed by atoms with Crippen molar-refractivity contribution in [1.29, 1.82) is 0 Å². The molecule has 6 heteroatoms. The van der Waals surface area contributed by atoms with Gasteiger partial charge in [-0.25, -0.2) is 8.42 Å². The molecule has 0 aliphatic carbocycles. The van der Waals surface area contributed by atoms with Crippen molar-refractivity contribution >= 4 is 15.9 Å². The molecule has 1 saturated heterocycles. The van der Waals surface area contributed by atoms with Crippen LogP contribution in [-0.2, 0) is 14.8 Å². The normalized spacial score (nSPS) is 31.7. The second-order valence-electron chi connectivity index (χ2n) is 4.36. The van der Waals surface area contributed by atoms with Gasteiger partial charge >= 0.3 is 0 Å². The highest BCUT2D eigenvalue weighted by molar-refractivity contribution is 7.88. The predicted molar refractivity (Wildman–Crippen MR) is 60.3 cm³/mol. The molecule has 5 nitrogen and oxygen atoms in total. The molecule has 1 spiro atoms. The van der Waals surface area contributed by atoms with E-state index in [0.29, 0.717) is 25.9 Å². The highest BCUT2D eigenvalue weighted by Crippen LogP contribution is 2.35. The topological polar surface area (TPSA) is 66.5 Å². The average molecular weight is 244 g/mol. The van der Waals surface area contributed by atoms with E-state index in [1.165, 1.54) is 10.6 Å². The zero-order valence-corrected chi connectivity index (χ0v) is 10.1. The molecule has 0 saturated carbocycles. The fourth-order valence-electron chi connectivity index (χ4n) is 2.54. The van der Waals surface area contributed by atoms with Crippen LogP contribution in [0.15, 0.2) is 12.2 Å². The maximum Gasteiger partial charge on any atom is 0.242 e. The van der Waals surface area contributed by atoms with Gasteiger partial charge in [-0.1, -0.05) is 12.2 Å². The Morgan fingerprint density at radius 2 is 2.19 bits per heavy atom. The first-order valence-corrected chi connectivity index (χ1v) is 7.23. The van der Waals surface area contributed by atoms with Gasteiger partial charge in [-0.3, -0.25) is 4.79 Å². The van der Waals surface area contributed by atoms with Crippen LogP contribution in [0, 0.1) is 0 Å². The summed E-state index contributed by atoms with van der Waals surface area (Å²) >= 11 is 0. The van der Waals surface area contributed by atoms with Crippen LogP contribution in [0.4, 0.5) is 0 Å². The minimum atomic E-state index is -3.32. The van der Waals surface area contributed by atoms with Crippen molar-refractivity contribution in [3.8, 4) is 0 Å². The predicted octanol–water partition coefficient (Wildman–Crippen LogP) is -0.143. The molecular weight excluding hydrogens is 228 g/mol. The molecule has 2 aliphatic rings. The number of nitrogens with zero attached hydrogens (tertiary/aromatic N) is 1. The van der Waals surface area contributed by atoms with E-state index in [0.717, 1.165) is 6.42 Å². The van der Waals surface area contributed by atoms with Crippen LogP contribution in [0.25, 0.3) is 0 Å². The molecule has 1 N–H and O–H groups in total. The van der Waals surface area contributed by atoms with Gasteiger partial charge in [0.15, 0.2) is 0 Å². The number of hydrogen-bond donors (Lipinski definition) is 1. The van der Waals surface area contributed by atoms with E-state index in [9.17, 15) is 13.2 Å². The van der Waals surface area contributed by atoms with Crippen LogP contribution in [0.3, 0.4) is 0 Å². The Morgan fingerprint density at radius 1 is 1.44 bits per heavy atom. The standard InChI is InChI=1S/C10H16N2O3S/c1-16(14,15)12-8-4-6-10(12)5-2-3-7-11-9(10)13/h2-3H,4-8H2,1H3,(H,11,13)/t10-/m0/s1. The summed E-state index contributed by atoms with van der Waals surface area (Å²) in [6.07, 6.45) is 6.76. The van der Waals surface area contributed by atoms with Crippen LogP contribution in [0.1, 0.15) is 19.3 Å². The first-order chi connectivity index (χ1) is 7.47. The summed E-state index contributed by atoms with van der Waals surface area (Å²) in [5.74, 6) is -0.166. The van der Waals surface area contributed by atoms with Crippen molar-refractivity contribution < 1.29 is 13.2 Å². The van der Waals surface area contributed by atoms with Crippen LogP contribution in [0.2, 0.25) is 0 Å². The molecule has 0 unspecified atom stereocenters. The fourth-order valence-corrected chi connectivity index (χ4v) is 3.88. The van der Waals surface area contributed by atoms with Crippen molar-refractivity contribution in [1.82, 2.24) is 9.62 Å². The van der Waals surface area contributed by atoms with Gasteiger partial charge in [0.1, 0.15) is 5.54 Å². The molecule has 0 bridgehead atoms. The minimum absolute atomic E-state index is 0.166. The highest BCUT2D eigenvalue weighted by atomic mass is 32.2. The molecule has 16 heavy (non-hydrogen) atoms. The van der Waals surface area contributed by atoms with Gasteiger partial charge in [0.25, 0.3) is 0 Å². The van der Waals surface area contributed by atoms with E-state index >= 15 is 0 Å². The minimum Gasteiger partial charge on any atom is -0.351 e. The molecule has 0 aromatic carbocycles. The van der Waals surface area contributed by atoms with Crippen LogP contribution >= 0.6 is 0 Å². The van der Waals surface area contributed by atoms with Crippen molar-refractivity contribution in [3.63, 3.8) is 0 Å². The molecule has 0 radical (unpaired) electrons. The SMILES string of the molecule is CS(=O)(=O)N1CCC[C@]12CC=CCNC2=O. The molecule has 0 aromatic heterocycles.